The number of allylic oxidation sites excluding steroid dienone is 2. The molecule has 1 atom stereocenters. The third kappa shape index (κ3) is 2.91. The van der Waals surface area contributed by atoms with Crippen molar-refractivity contribution in [3.05, 3.63) is 53.6 Å². The first-order valence-corrected chi connectivity index (χ1v) is 6.02. The fourth-order valence-corrected chi connectivity index (χ4v) is 2.01. The van der Waals surface area contributed by atoms with Crippen LogP contribution in [-0.2, 0) is 9.53 Å². The van der Waals surface area contributed by atoms with E-state index in [2.05, 4.69) is 5.32 Å². The number of aldehydes is 1. The van der Waals surface area contributed by atoms with E-state index in [0.29, 0.717) is 23.2 Å². The van der Waals surface area contributed by atoms with Crippen LogP contribution in [0.4, 0.5) is 5.69 Å². The summed E-state index contributed by atoms with van der Waals surface area (Å²) in [5.74, 6) is -0.356. The first-order valence-electron chi connectivity index (χ1n) is 6.02. The zero-order valence-corrected chi connectivity index (χ0v) is 10.6. The highest BCUT2D eigenvalue weighted by Crippen LogP contribution is 2.21. The van der Waals surface area contributed by atoms with Crippen LogP contribution in [0.2, 0.25) is 0 Å². The number of benzene rings is 1. The van der Waals surface area contributed by atoms with Crippen molar-refractivity contribution in [1.82, 2.24) is 0 Å². The van der Waals surface area contributed by atoms with Gasteiger partial charge in [-0.3, -0.25) is 4.79 Å². The van der Waals surface area contributed by atoms with E-state index < -0.39 is 0 Å². The van der Waals surface area contributed by atoms with Gasteiger partial charge in [0.25, 0.3) is 0 Å². The smallest absolute Gasteiger partial charge is 0.335 e. The molecule has 4 nitrogen and oxygen atoms in total. The van der Waals surface area contributed by atoms with Crippen LogP contribution < -0.4 is 5.32 Å². The molecule has 1 aromatic carbocycles. The number of methoxy groups -OCH3 is 1. The number of esters is 1. The topological polar surface area (TPSA) is 55.4 Å². The Hall–Kier alpha value is -2.36. The minimum atomic E-state index is -0.356. The SMILES string of the molecule is COC(=O)C1=CC=CCC1Nc1ccccc1C=O. The van der Waals surface area contributed by atoms with E-state index in [1.54, 1.807) is 18.2 Å². The molecule has 0 bridgehead atoms. The van der Waals surface area contributed by atoms with Crippen molar-refractivity contribution in [1.29, 1.82) is 0 Å². The van der Waals surface area contributed by atoms with Gasteiger partial charge in [-0.05, 0) is 24.6 Å². The number of para-hydroxylation sites is 1. The van der Waals surface area contributed by atoms with Crippen LogP contribution in [-0.4, -0.2) is 25.4 Å². The molecule has 19 heavy (non-hydrogen) atoms. The normalized spacial score (nSPS) is 17.5. The van der Waals surface area contributed by atoms with E-state index in [1.807, 2.05) is 24.3 Å². The molecule has 0 aliphatic heterocycles. The number of anilines is 1. The summed E-state index contributed by atoms with van der Waals surface area (Å²) in [6.45, 7) is 0. The van der Waals surface area contributed by atoms with Gasteiger partial charge in [0, 0.05) is 11.3 Å². The average molecular weight is 257 g/mol. The van der Waals surface area contributed by atoms with Gasteiger partial charge in [0.1, 0.15) is 0 Å². The summed E-state index contributed by atoms with van der Waals surface area (Å²) in [6.07, 6.45) is 7.00. The number of carbonyl (C=O) groups excluding carboxylic acids is 2. The van der Waals surface area contributed by atoms with Crippen molar-refractivity contribution in [3.8, 4) is 0 Å². The molecule has 0 radical (unpaired) electrons. The first-order chi connectivity index (χ1) is 9.26. The molecule has 0 fully saturated rings. The molecule has 1 unspecified atom stereocenters. The van der Waals surface area contributed by atoms with Crippen LogP contribution in [0.5, 0.6) is 0 Å². The second-order valence-electron chi connectivity index (χ2n) is 4.18. The zero-order valence-electron chi connectivity index (χ0n) is 10.6. The van der Waals surface area contributed by atoms with Gasteiger partial charge in [-0.1, -0.05) is 24.3 Å². The Labute approximate surface area is 111 Å². The lowest BCUT2D eigenvalue weighted by Crippen LogP contribution is -2.28. The number of carbonyl (C=O) groups is 2. The number of nitrogens with one attached hydrogen (secondary N) is 1. The molecule has 0 heterocycles. The highest BCUT2D eigenvalue weighted by atomic mass is 16.5. The fourth-order valence-electron chi connectivity index (χ4n) is 2.01. The van der Waals surface area contributed by atoms with Gasteiger partial charge in [0.15, 0.2) is 6.29 Å². The van der Waals surface area contributed by atoms with Crippen LogP contribution in [0.1, 0.15) is 16.8 Å². The zero-order chi connectivity index (χ0) is 13.7. The van der Waals surface area contributed by atoms with Crippen LogP contribution in [0.3, 0.4) is 0 Å². The highest BCUT2D eigenvalue weighted by molar-refractivity contribution is 5.92. The molecule has 1 aliphatic rings. The van der Waals surface area contributed by atoms with Gasteiger partial charge < -0.3 is 10.1 Å². The average Bonchev–Trinajstić information content (AvgIpc) is 2.47. The van der Waals surface area contributed by atoms with Crippen molar-refractivity contribution in [2.75, 3.05) is 12.4 Å². The van der Waals surface area contributed by atoms with Gasteiger partial charge in [0.2, 0.25) is 0 Å². The molecule has 0 saturated carbocycles. The van der Waals surface area contributed by atoms with Gasteiger partial charge in [-0.2, -0.15) is 0 Å². The van der Waals surface area contributed by atoms with Gasteiger partial charge >= 0.3 is 5.97 Å². The Kier molecular flexibility index (Phi) is 4.13. The molecule has 1 aromatic rings. The number of hydrogen-bond acceptors (Lipinski definition) is 4. The Morgan fingerprint density at radius 2 is 2.21 bits per heavy atom. The molecule has 2 rings (SSSR count). The Morgan fingerprint density at radius 3 is 2.95 bits per heavy atom. The standard InChI is InChI=1S/C15H15NO3/c1-19-15(18)12-7-3-5-9-14(12)16-13-8-4-2-6-11(13)10-17/h2-8,10,14,16H,9H2,1H3. The lowest BCUT2D eigenvalue weighted by atomic mass is 9.98. The molecule has 4 heteroatoms. The largest absolute Gasteiger partial charge is 0.466 e. The number of rotatable bonds is 4. The molecule has 0 saturated heterocycles. The third-order valence-corrected chi connectivity index (χ3v) is 3.00. The summed E-state index contributed by atoms with van der Waals surface area (Å²) in [5.41, 5.74) is 1.85. The van der Waals surface area contributed by atoms with Crippen molar-refractivity contribution in [2.24, 2.45) is 0 Å². The highest BCUT2D eigenvalue weighted by Gasteiger charge is 2.22. The molecule has 1 N–H and O–H groups in total. The van der Waals surface area contributed by atoms with E-state index in [0.717, 1.165) is 6.29 Å². The fraction of sp³-hybridized carbons (Fsp3) is 0.200. The van der Waals surface area contributed by atoms with Crippen LogP contribution >= 0.6 is 0 Å². The van der Waals surface area contributed by atoms with Gasteiger partial charge in [-0.15, -0.1) is 0 Å². The van der Waals surface area contributed by atoms with Crippen LogP contribution in [0.15, 0.2) is 48.1 Å². The van der Waals surface area contributed by atoms with Gasteiger partial charge in [-0.25, -0.2) is 4.79 Å². The van der Waals surface area contributed by atoms with Crippen molar-refractivity contribution >= 4 is 17.9 Å². The second-order valence-corrected chi connectivity index (χ2v) is 4.18. The number of hydrogen-bond donors (Lipinski definition) is 1. The lowest BCUT2D eigenvalue weighted by molar-refractivity contribution is -0.136. The summed E-state index contributed by atoms with van der Waals surface area (Å²) in [6, 6.07) is 7.01. The van der Waals surface area contributed by atoms with Crippen molar-refractivity contribution in [3.63, 3.8) is 0 Å². The second kappa shape index (κ2) is 6.00. The van der Waals surface area contributed by atoms with Crippen LogP contribution in [0.25, 0.3) is 0 Å². The monoisotopic (exact) mass is 257 g/mol. The Morgan fingerprint density at radius 1 is 1.42 bits per heavy atom. The Balaban J connectivity index is 2.22. The molecule has 0 aromatic heterocycles. The third-order valence-electron chi connectivity index (χ3n) is 3.00. The molecular formula is C15H15NO3. The van der Waals surface area contributed by atoms with E-state index in [-0.39, 0.29) is 12.0 Å². The van der Waals surface area contributed by atoms with Crippen LogP contribution in [0, 0.1) is 0 Å². The van der Waals surface area contributed by atoms with Gasteiger partial charge in [0.05, 0.1) is 18.7 Å². The number of ether oxygens (including phenoxy) is 1. The maximum absolute atomic E-state index is 11.7. The predicted molar refractivity (Wildman–Crippen MR) is 73.1 cm³/mol. The molecule has 0 amide bonds. The van der Waals surface area contributed by atoms with Crippen molar-refractivity contribution < 1.29 is 14.3 Å². The van der Waals surface area contributed by atoms with E-state index in [1.165, 1.54) is 7.11 Å². The minimum absolute atomic E-state index is 0.182. The van der Waals surface area contributed by atoms with E-state index in [4.69, 9.17) is 4.74 Å². The molecular weight excluding hydrogens is 242 g/mol. The van der Waals surface area contributed by atoms with E-state index >= 15 is 0 Å². The first kappa shape index (κ1) is 13.1. The summed E-state index contributed by atoms with van der Waals surface area (Å²) >= 11 is 0. The predicted octanol–water partition coefficient (Wildman–Crippen LogP) is 2.34. The summed E-state index contributed by atoms with van der Waals surface area (Å²) in [5, 5.41) is 3.21. The quantitative estimate of drug-likeness (QED) is 0.664. The summed E-state index contributed by atoms with van der Waals surface area (Å²) < 4.78 is 4.76. The maximum atomic E-state index is 11.7. The lowest BCUT2D eigenvalue weighted by Gasteiger charge is -2.23. The van der Waals surface area contributed by atoms with E-state index in [9.17, 15) is 9.59 Å². The Bertz CT molecular complexity index is 546. The maximum Gasteiger partial charge on any atom is 0.335 e. The summed E-state index contributed by atoms with van der Waals surface area (Å²) in [4.78, 5) is 22.7. The molecule has 0 spiro atoms. The van der Waals surface area contributed by atoms with Crippen molar-refractivity contribution in [2.45, 2.75) is 12.5 Å². The molecule has 1 aliphatic carbocycles. The summed E-state index contributed by atoms with van der Waals surface area (Å²) in [7, 11) is 1.36. The molecule has 98 valence electrons. The minimum Gasteiger partial charge on any atom is -0.466 e.